The Labute approximate surface area is 176 Å². The number of nitrogens with zero attached hydrogens (tertiary/aromatic N) is 2. The second-order valence-corrected chi connectivity index (χ2v) is 9.37. The Kier molecular flexibility index (Phi) is 6.57. The number of alkyl halides is 3. The maximum Gasteiger partial charge on any atom is 0.534 e. The lowest BCUT2D eigenvalue weighted by Crippen LogP contribution is -2.47. The van der Waals surface area contributed by atoms with Gasteiger partial charge in [-0.15, -0.1) is 0 Å². The average molecular weight is 475 g/mol. The minimum atomic E-state index is -5.83. The number of piperidine rings is 1. The summed E-state index contributed by atoms with van der Waals surface area (Å²) < 4.78 is 63.8. The molecule has 0 N–H and O–H groups in total. The fraction of sp³-hybridized carbons (Fsp3) is 0.588. The predicted molar refractivity (Wildman–Crippen MR) is 101 cm³/mol. The minimum absolute atomic E-state index is 0.0426. The zero-order valence-corrected chi connectivity index (χ0v) is 17.5. The van der Waals surface area contributed by atoms with Gasteiger partial charge in [0.1, 0.15) is 5.75 Å². The largest absolute Gasteiger partial charge is 0.534 e. The van der Waals surface area contributed by atoms with Crippen LogP contribution in [0.25, 0.3) is 0 Å². The van der Waals surface area contributed by atoms with Crippen molar-refractivity contribution in [1.29, 1.82) is 0 Å². The highest BCUT2D eigenvalue weighted by molar-refractivity contribution is 7.88. The Balaban J connectivity index is 1.73. The van der Waals surface area contributed by atoms with Crippen LogP contribution in [0, 0.1) is 5.92 Å². The summed E-state index contributed by atoms with van der Waals surface area (Å²) in [5.41, 5.74) is -5.21. The molecule has 29 heavy (non-hydrogen) atoms. The molecule has 0 aromatic heterocycles. The van der Waals surface area contributed by atoms with E-state index in [2.05, 4.69) is 4.18 Å². The maximum atomic E-state index is 12.8. The van der Waals surface area contributed by atoms with Gasteiger partial charge in [0, 0.05) is 47.7 Å². The molecule has 1 aromatic carbocycles. The van der Waals surface area contributed by atoms with Crippen LogP contribution in [0.2, 0.25) is 10.0 Å². The van der Waals surface area contributed by atoms with Crippen molar-refractivity contribution in [2.75, 3.05) is 19.6 Å². The van der Waals surface area contributed by atoms with E-state index in [1.165, 1.54) is 0 Å². The topological polar surface area (TPSA) is 66.9 Å². The van der Waals surface area contributed by atoms with E-state index in [1.807, 2.05) is 5.01 Å². The summed E-state index contributed by atoms with van der Waals surface area (Å²) in [5.74, 6) is -1.05. The van der Waals surface area contributed by atoms with Crippen molar-refractivity contribution < 1.29 is 30.6 Å². The smallest absolute Gasteiger partial charge is 0.376 e. The van der Waals surface area contributed by atoms with E-state index >= 15 is 0 Å². The van der Waals surface area contributed by atoms with Crippen LogP contribution >= 0.6 is 23.2 Å². The third-order valence-electron chi connectivity index (χ3n) is 5.02. The summed E-state index contributed by atoms with van der Waals surface area (Å²) in [7, 11) is -5.83. The molecular weight excluding hydrogens is 456 g/mol. The van der Waals surface area contributed by atoms with Gasteiger partial charge in [0.2, 0.25) is 5.91 Å². The first-order chi connectivity index (χ1) is 13.5. The summed E-state index contributed by atoms with van der Waals surface area (Å²) in [6, 6.07) is 1.90. The number of amides is 1. The number of hydrogen-bond acceptors (Lipinski definition) is 5. The lowest BCUT2D eigenvalue weighted by atomic mass is 9.98. The monoisotopic (exact) mass is 474 g/mol. The standard InChI is InChI=1S/C17H19Cl2F3N2O4S/c18-14-9-12(28-29(26,27)17(20,21)22)10-15(19)13(14)8-11-4-7-24(16(11)25)23-5-2-1-3-6-23/h9-11H,1-8H2/t11-/m0/s1. The SMILES string of the molecule is O=C1[C@H](Cc2c(Cl)cc(OS(=O)(=O)C(F)(F)F)cc2Cl)CCN1N1CCCCC1. The second-order valence-electron chi connectivity index (χ2n) is 7.01. The zero-order chi connectivity index (χ0) is 21.4. The summed E-state index contributed by atoms with van der Waals surface area (Å²) in [6.45, 7) is 2.25. The van der Waals surface area contributed by atoms with E-state index in [1.54, 1.807) is 5.01 Å². The maximum absolute atomic E-state index is 12.8. The van der Waals surface area contributed by atoms with Gasteiger partial charge >= 0.3 is 15.6 Å². The summed E-state index contributed by atoms with van der Waals surface area (Å²) in [5, 5.41) is 3.68. The van der Waals surface area contributed by atoms with Gasteiger partial charge < -0.3 is 4.18 Å². The van der Waals surface area contributed by atoms with E-state index in [0.717, 1.165) is 44.5 Å². The second kappa shape index (κ2) is 8.49. The van der Waals surface area contributed by atoms with Gasteiger partial charge in [-0.2, -0.15) is 21.6 Å². The fourth-order valence-corrected chi connectivity index (χ4v) is 4.62. The molecule has 0 unspecified atom stereocenters. The molecule has 0 saturated carbocycles. The van der Waals surface area contributed by atoms with E-state index in [4.69, 9.17) is 23.2 Å². The zero-order valence-electron chi connectivity index (χ0n) is 15.2. The third kappa shape index (κ3) is 4.92. The van der Waals surface area contributed by atoms with E-state index in [-0.39, 0.29) is 28.3 Å². The number of carbonyl (C=O) groups excluding carboxylic acids is 1. The van der Waals surface area contributed by atoms with E-state index < -0.39 is 21.4 Å². The van der Waals surface area contributed by atoms with Crippen LogP contribution < -0.4 is 4.18 Å². The first kappa shape index (κ1) is 22.5. The first-order valence-corrected chi connectivity index (χ1v) is 11.2. The van der Waals surface area contributed by atoms with Crippen molar-refractivity contribution in [1.82, 2.24) is 10.0 Å². The summed E-state index contributed by atoms with van der Waals surface area (Å²) >= 11 is 12.2. The Bertz CT molecular complexity index is 866. The highest BCUT2D eigenvalue weighted by atomic mass is 35.5. The van der Waals surface area contributed by atoms with Crippen LogP contribution in [0.3, 0.4) is 0 Å². The molecule has 2 heterocycles. The number of rotatable bonds is 5. The predicted octanol–water partition coefficient (Wildman–Crippen LogP) is 4.01. The number of halogens is 5. The molecule has 0 aliphatic carbocycles. The highest BCUT2D eigenvalue weighted by Gasteiger charge is 2.48. The summed E-state index contributed by atoms with van der Waals surface area (Å²) in [6.07, 6.45) is 4.02. The Morgan fingerprint density at radius 1 is 1.07 bits per heavy atom. The van der Waals surface area contributed by atoms with Gasteiger partial charge in [-0.25, -0.2) is 5.01 Å². The van der Waals surface area contributed by atoms with Gasteiger partial charge in [-0.05, 0) is 31.2 Å². The number of hydrazine groups is 1. The van der Waals surface area contributed by atoms with Crippen molar-refractivity contribution in [3.05, 3.63) is 27.7 Å². The molecular formula is C17H19Cl2F3N2O4S. The molecule has 12 heteroatoms. The van der Waals surface area contributed by atoms with Gasteiger partial charge in [0.05, 0.1) is 0 Å². The van der Waals surface area contributed by atoms with Crippen LogP contribution in [-0.4, -0.2) is 49.5 Å². The quantitative estimate of drug-likeness (QED) is 0.476. The number of hydrogen-bond donors (Lipinski definition) is 0. The van der Waals surface area contributed by atoms with Crippen molar-refractivity contribution >= 4 is 39.2 Å². The molecule has 6 nitrogen and oxygen atoms in total. The molecule has 1 aromatic rings. The van der Waals surface area contributed by atoms with E-state index in [0.29, 0.717) is 18.5 Å². The lowest BCUT2D eigenvalue weighted by Gasteiger charge is -2.34. The van der Waals surface area contributed by atoms with Crippen molar-refractivity contribution in [2.45, 2.75) is 37.6 Å². The molecule has 1 atom stereocenters. The molecule has 2 aliphatic rings. The molecule has 0 spiro atoms. The van der Waals surface area contributed by atoms with Crippen LogP contribution in [0.5, 0.6) is 5.75 Å². The average Bonchev–Trinajstić information content (AvgIpc) is 2.98. The van der Waals surface area contributed by atoms with Crippen molar-refractivity contribution in [3.8, 4) is 5.75 Å². The Morgan fingerprint density at radius 2 is 1.66 bits per heavy atom. The molecule has 1 amide bonds. The van der Waals surface area contributed by atoms with E-state index in [9.17, 15) is 26.4 Å². The molecule has 0 bridgehead atoms. The molecule has 2 saturated heterocycles. The lowest BCUT2D eigenvalue weighted by molar-refractivity contribution is -0.147. The molecule has 3 rings (SSSR count). The van der Waals surface area contributed by atoms with Crippen LogP contribution in [0.15, 0.2) is 12.1 Å². The van der Waals surface area contributed by atoms with Gasteiger partial charge in [-0.3, -0.25) is 9.80 Å². The van der Waals surface area contributed by atoms with Gasteiger partial charge in [0.25, 0.3) is 0 Å². The molecule has 162 valence electrons. The van der Waals surface area contributed by atoms with Crippen molar-refractivity contribution in [2.24, 2.45) is 5.92 Å². The van der Waals surface area contributed by atoms with Gasteiger partial charge in [-0.1, -0.05) is 29.6 Å². The van der Waals surface area contributed by atoms with Crippen LogP contribution in [0.4, 0.5) is 13.2 Å². The number of carbonyl (C=O) groups is 1. The molecule has 2 aliphatic heterocycles. The molecule has 0 radical (unpaired) electrons. The fourth-order valence-electron chi connectivity index (χ4n) is 3.55. The minimum Gasteiger partial charge on any atom is -0.376 e. The van der Waals surface area contributed by atoms with Crippen LogP contribution in [0.1, 0.15) is 31.2 Å². The summed E-state index contributed by atoms with van der Waals surface area (Å²) in [4.78, 5) is 12.8. The first-order valence-electron chi connectivity index (χ1n) is 9.04. The Hall–Kier alpha value is -1.23. The Morgan fingerprint density at radius 3 is 2.21 bits per heavy atom. The molecule has 2 fully saturated rings. The van der Waals surface area contributed by atoms with Crippen molar-refractivity contribution in [3.63, 3.8) is 0 Å². The normalized spacial score (nSPS) is 21.6. The highest BCUT2D eigenvalue weighted by Crippen LogP contribution is 2.36. The van der Waals surface area contributed by atoms with Gasteiger partial charge in [0.15, 0.2) is 0 Å². The van der Waals surface area contributed by atoms with Crippen LogP contribution in [-0.2, 0) is 21.3 Å². The number of benzene rings is 1. The third-order valence-corrected chi connectivity index (χ3v) is 6.67.